The normalized spacial score (nSPS) is 11.8. The van der Waals surface area contributed by atoms with Crippen LogP contribution in [0.5, 0.6) is 5.75 Å². The molecule has 3 heteroatoms. The van der Waals surface area contributed by atoms with Gasteiger partial charge in [0.1, 0.15) is 18.2 Å². The summed E-state index contributed by atoms with van der Waals surface area (Å²) in [5.74, 6) is 1.94. The van der Waals surface area contributed by atoms with Gasteiger partial charge in [0, 0.05) is 0 Å². The Morgan fingerprint density at radius 2 is 1.70 bits per heavy atom. The van der Waals surface area contributed by atoms with Gasteiger partial charge >= 0.3 is 0 Å². The number of aromatic nitrogens is 2. The number of imidazole rings is 1. The lowest BCUT2D eigenvalue weighted by Crippen LogP contribution is -2.11. The van der Waals surface area contributed by atoms with Crippen LogP contribution in [0.25, 0.3) is 11.0 Å². The summed E-state index contributed by atoms with van der Waals surface area (Å²) in [7, 11) is 0. The van der Waals surface area contributed by atoms with Crippen molar-refractivity contribution in [3.8, 4) is 5.75 Å². The van der Waals surface area contributed by atoms with Crippen molar-refractivity contribution in [2.75, 3.05) is 6.61 Å². The highest BCUT2D eigenvalue weighted by Crippen LogP contribution is 2.24. The van der Waals surface area contributed by atoms with Gasteiger partial charge in [-0.1, -0.05) is 45.0 Å². The predicted octanol–water partition coefficient (Wildman–Crippen LogP) is 4.72. The molecule has 3 nitrogen and oxygen atoms in total. The van der Waals surface area contributed by atoms with Gasteiger partial charge in [-0.15, -0.1) is 0 Å². The minimum Gasteiger partial charge on any atom is -0.492 e. The van der Waals surface area contributed by atoms with E-state index in [1.165, 1.54) is 5.56 Å². The van der Waals surface area contributed by atoms with Gasteiger partial charge in [-0.25, -0.2) is 4.98 Å². The lowest BCUT2D eigenvalue weighted by Gasteiger charge is -2.19. The minimum absolute atomic E-state index is 0.172. The van der Waals surface area contributed by atoms with Gasteiger partial charge in [0.25, 0.3) is 0 Å². The molecule has 0 amide bonds. The second kappa shape index (κ2) is 6.07. The van der Waals surface area contributed by atoms with Crippen LogP contribution in [0.4, 0.5) is 0 Å². The van der Waals surface area contributed by atoms with Gasteiger partial charge in [-0.3, -0.25) is 0 Å². The Labute approximate surface area is 137 Å². The fraction of sp³-hybridized carbons (Fsp3) is 0.350. The third-order valence-electron chi connectivity index (χ3n) is 4.15. The summed E-state index contributed by atoms with van der Waals surface area (Å²) in [6, 6.07) is 16.6. The van der Waals surface area contributed by atoms with Crippen LogP contribution in [0.1, 0.15) is 32.2 Å². The van der Waals surface area contributed by atoms with E-state index in [0.717, 1.165) is 29.2 Å². The molecule has 0 fully saturated rings. The molecule has 3 rings (SSSR count). The standard InChI is InChI=1S/C20H24N2O/c1-15-21-18-7-5-6-8-19(18)22(15)13-14-23-17-11-9-16(10-12-17)20(2,3)4/h5-12H,13-14H2,1-4H3. The van der Waals surface area contributed by atoms with Crippen molar-refractivity contribution < 1.29 is 4.74 Å². The molecule has 23 heavy (non-hydrogen) atoms. The number of para-hydroxylation sites is 2. The Bertz CT molecular complexity index is 795. The van der Waals surface area contributed by atoms with Crippen LogP contribution < -0.4 is 4.74 Å². The van der Waals surface area contributed by atoms with Gasteiger partial charge in [0.2, 0.25) is 0 Å². The van der Waals surface area contributed by atoms with Gasteiger partial charge in [-0.05, 0) is 42.2 Å². The molecule has 1 heterocycles. The van der Waals surface area contributed by atoms with Crippen molar-refractivity contribution in [1.29, 1.82) is 0 Å². The first kappa shape index (κ1) is 15.6. The van der Waals surface area contributed by atoms with Crippen LogP contribution in [0, 0.1) is 6.92 Å². The minimum atomic E-state index is 0.172. The van der Waals surface area contributed by atoms with E-state index in [2.05, 4.69) is 60.7 Å². The molecule has 2 aromatic carbocycles. The molecule has 0 N–H and O–H groups in total. The zero-order chi connectivity index (χ0) is 16.4. The number of ether oxygens (including phenoxy) is 1. The number of hydrogen-bond donors (Lipinski definition) is 0. The lowest BCUT2D eigenvalue weighted by molar-refractivity contribution is 0.298. The zero-order valence-electron chi connectivity index (χ0n) is 14.3. The molecular weight excluding hydrogens is 284 g/mol. The first-order chi connectivity index (χ1) is 10.9. The second-order valence-electron chi connectivity index (χ2n) is 6.92. The maximum Gasteiger partial charge on any atom is 0.119 e. The predicted molar refractivity (Wildman–Crippen MR) is 95.1 cm³/mol. The second-order valence-corrected chi connectivity index (χ2v) is 6.92. The number of fused-ring (bicyclic) bond motifs is 1. The van der Waals surface area contributed by atoms with Crippen molar-refractivity contribution in [2.45, 2.75) is 39.7 Å². The van der Waals surface area contributed by atoms with Crippen LogP contribution in [-0.2, 0) is 12.0 Å². The molecule has 0 radical (unpaired) electrons. The molecule has 0 saturated carbocycles. The first-order valence-corrected chi connectivity index (χ1v) is 8.10. The van der Waals surface area contributed by atoms with E-state index in [9.17, 15) is 0 Å². The maximum atomic E-state index is 5.90. The number of nitrogens with zero attached hydrogens (tertiary/aromatic N) is 2. The van der Waals surface area contributed by atoms with Gasteiger partial charge < -0.3 is 9.30 Å². The van der Waals surface area contributed by atoms with Gasteiger partial charge in [0.05, 0.1) is 17.6 Å². The summed E-state index contributed by atoms with van der Waals surface area (Å²) in [5.41, 5.74) is 3.70. The summed E-state index contributed by atoms with van der Waals surface area (Å²) in [6.45, 7) is 10.1. The van der Waals surface area contributed by atoms with Crippen LogP contribution in [0.2, 0.25) is 0 Å². The molecule has 0 unspecified atom stereocenters. The molecule has 0 aliphatic heterocycles. The summed E-state index contributed by atoms with van der Waals surface area (Å²) >= 11 is 0. The third-order valence-corrected chi connectivity index (χ3v) is 4.15. The monoisotopic (exact) mass is 308 g/mol. The third kappa shape index (κ3) is 3.39. The van der Waals surface area contributed by atoms with E-state index in [1.807, 2.05) is 25.1 Å². The number of rotatable bonds is 4. The average molecular weight is 308 g/mol. The highest BCUT2D eigenvalue weighted by atomic mass is 16.5. The average Bonchev–Trinajstić information content (AvgIpc) is 2.83. The topological polar surface area (TPSA) is 27.1 Å². The van der Waals surface area contributed by atoms with Crippen LogP contribution in [-0.4, -0.2) is 16.2 Å². The Morgan fingerprint density at radius 3 is 2.39 bits per heavy atom. The lowest BCUT2D eigenvalue weighted by atomic mass is 9.87. The van der Waals surface area contributed by atoms with Crippen molar-refractivity contribution in [1.82, 2.24) is 9.55 Å². The molecule has 0 aliphatic rings. The Balaban J connectivity index is 1.66. The first-order valence-electron chi connectivity index (χ1n) is 8.10. The molecule has 0 atom stereocenters. The van der Waals surface area contributed by atoms with Crippen LogP contribution >= 0.6 is 0 Å². The highest BCUT2D eigenvalue weighted by Gasteiger charge is 2.13. The Kier molecular flexibility index (Phi) is 4.12. The Hall–Kier alpha value is -2.29. The summed E-state index contributed by atoms with van der Waals surface area (Å²) in [4.78, 5) is 4.58. The molecule has 0 aliphatic carbocycles. The molecule has 3 aromatic rings. The number of benzene rings is 2. The van der Waals surface area contributed by atoms with E-state index in [4.69, 9.17) is 4.74 Å². The zero-order valence-corrected chi connectivity index (χ0v) is 14.3. The molecular formula is C20H24N2O. The Morgan fingerprint density at radius 1 is 1.00 bits per heavy atom. The van der Waals surface area contributed by atoms with Crippen molar-refractivity contribution in [3.63, 3.8) is 0 Å². The van der Waals surface area contributed by atoms with E-state index < -0.39 is 0 Å². The van der Waals surface area contributed by atoms with Crippen LogP contribution in [0.3, 0.4) is 0 Å². The number of aryl methyl sites for hydroxylation is 1. The van der Waals surface area contributed by atoms with Gasteiger partial charge in [0.15, 0.2) is 0 Å². The molecule has 0 saturated heterocycles. The van der Waals surface area contributed by atoms with Crippen molar-refractivity contribution in [3.05, 3.63) is 59.9 Å². The van der Waals surface area contributed by atoms with Crippen molar-refractivity contribution in [2.24, 2.45) is 0 Å². The largest absolute Gasteiger partial charge is 0.492 e. The molecule has 0 spiro atoms. The summed E-state index contributed by atoms with van der Waals surface area (Å²) in [6.07, 6.45) is 0. The van der Waals surface area contributed by atoms with E-state index in [1.54, 1.807) is 0 Å². The van der Waals surface area contributed by atoms with E-state index in [-0.39, 0.29) is 5.41 Å². The molecule has 0 bridgehead atoms. The fourth-order valence-electron chi connectivity index (χ4n) is 2.78. The van der Waals surface area contributed by atoms with E-state index >= 15 is 0 Å². The maximum absolute atomic E-state index is 5.90. The molecule has 1 aromatic heterocycles. The SMILES string of the molecule is Cc1nc2ccccc2n1CCOc1ccc(C(C)(C)C)cc1. The quantitative estimate of drug-likeness (QED) is 0.697. The van der Waals surface area contributed by atoms with Crippen LogP contribution in [0.15, 0.2) is 48.5 Å². The fourth-order valence-corrected chi connectivity index (χ4v) is 2.78. The smallest absolute Gasteiger partial charge is 0.119 e. The van der Waals surface area contributed by atoms with Crippen molar-refractivity contribution >= 4 is 11.0 Å². The number of hydrogen-bond acceptors (Lipinski definition) is 2. The summed E-state index contributed by atoms with van der Waals surface area (Å²) in [5, 5.41) is 0. The van der Waals surface area contributed by atoms with E-state index in [0.29, 0.717) is 6.61 Å². The molecule has 120 valence electrons. The summed E-state index contributed by atoms with van der Waals surface area (Å²) < 4.78 is 8.11. The highest BCUT2D eigenvalue weighted by molar-refractivity contribution is 5.75. The van der Waals surface area contributed by atoms with Gasteiger partial charge in [-0.2, -0.15) is 0 Å².